The number of carbonyl (C=O) groups excluding carboxylic acids is 3. The third kappa shape index (κ3) is 3.85. The van der Waals surface area contributed by atoms with Crippen molar-refractivity contribution in [1.82, 2.24) is 0 Å². The molecular formula is C25H32O6. The van der Waals surface area contributed by atoms with Gasteiger partial charge in [0.1, 0.15) is 6.10 Å². The third-order valence-corrected chi connectivity index (χ3v) is 7.73. The molecule has 0 aromatic heterocycles. The van der Waals surface area contributed by atoms with Crippen LogP contribution in [0.25, 0.3) is 0 Å². The van der Waals surface area contributed by atoms with Gasteiger partial charge in [0, 0.05) is 31.2 Å². The average molecular weight is 429 g/mol. The Bertz CT molecular complexity index is 906. The zero-order valence-corrected chi connectivity index (χ0v) is 18.9. The van der Waals surface area contributed by atoms with Crippen LogP contribution < -0.4 is 9.47 Å². The molecule has 168 valence electrons. The van der Waals surface area contributed by atoms with E-state index in [1.165, 1.54) is 13.8 Å². The molecular weight excluding hydrogens is 396 g/mol. The Hall–Kier alpha value is -2.37. The Kier molecular flexibility index (Phi) is 5.84. The Morgan fingerprint density at radius 3 is 2.52 bits per heavy atom. The first-order chi connectivity index (χ1) is 14.7. The van der Waals surface area contributed by atoms with Crippen molar-refractivity contribution >= 4 is 17.7 Å². The second kappa shape index (κ2) is 8.29. The number of esters is 2. The van der Waals surface area contributed by atoms with Gasteiger partial charge in [0.2, 0.25) is 0 Å². The molecule has 1 aromatic rings. The number of benzene rings is 1. The molecule has 2 saturated carbocycles. The summed E-state index contributed by atoms with van der Waals surface area (Å²) in [5, 5.41) is 0. The first kappa shape index (κ1) is 21.8. The van der Waals surface area contributed by atoms with E-state index in [2.05, 4.69) is 6.92 Å². The van der Waals surface area contributed by atoms with E-state index in [-0.39, 0.29) is 29.2 Å². The molecule has 6 heteroatoms. The predicted octanol–water partition coefficient (Wildman–Crippen LogP) is 4.83. The molecule has 3 aliphatic rings. The maximum atomic E-state index is 13.1. The third-order valence-electron chi connectivity index (χ3n) is 7.73. The normalized spacial score (nSPS) is 31.7. The lowest BCUT2D eigenvalue weighted by Gasteiger charge is -2.48. The molecule has 6 nitrogen and oxygen atoms in total. The van der Waals surface area contributed by atoms with Crippen LogP contribution in [-0.2, 0) is 14.3 Å². The van der Waals surface area contributed by atoms with Crippen LogP contribution in [0.5, 0.6) is 11.5 Å². The van der Waals surface area contributed by atoms with Crippen molar-refractivity contribution in [1.29, 1.82) is 0 Å². The van der Waals surface area contributed by atoms with Crippen LogP contribution >= 0.6 is 0 Å². The van der Waals surface area contributed by atoms with Gasteiger partial charge in [-0.15, -0.1) is 0 Å². The second-order valence-electron chi connectivity index (χ2n) is 9.47. The number of hydrogen-bond donors (Lipinski definition) is 0. The Morgan fingerprint density at radius 2 is 1.84 bits per heavy atom. The quantitative estimate of drug-likeness (QED) is 0.505. The summed E-state index contributed by atoms with van der Waals surface area (Å²) in [6.45, 7) is 7.42. The lowest BCUT2D eigenvalue weighted by atomic mass is 9.58. The van der Waals surface area contributed by atoms with Crippen molar-refractivity contribution < 1.29 is 28.6 Å². The van der Waals surface area contributed by atoms with Crippen LogP contribution in [-0.4, -0.2) is 30.4 Å². The molecule has 0 heterocycles. The van der Waals surface area contributed by atoms with Gasteiger partial charge in [-0.3, -0.25) is 14.4 Å². The van der Waals surface area contributed by atoms with E-state index in [1.54, 1.807) is 6.07 Å². The fourth-order valence-electron chi connectivity index (χ4n) is 6.48. The molecule has 3 aliphatic carbocycles. The topological polar surface area (TPSA) is 78.9 Å². The smallest absolute Gasteiger partial charge is 0.308 e. The van der Waals surface area contributed by atoms with Crippen LogP contribution in [0, 0.1) is 17.3 Å². The molecule has 0 amide bonds. The number of Topliss-reactive ketones (excluding diaryl/α,β-unsaturated/α-hetero) is 1. The molecule has 0 spiro atoms. The molecule has 2 fully saturated rings. The average Bonchev–Trinajstić information content (AvgIpc) is 2.95. The summed E-state index contributed by atoms with van der Waals surface area (Å²) in [6, 6.07) is 3.63. The fourth-order valence-corrected chi connectivity index (χ4v) is 6.48. The van der Waals surface area contributed by atoms with E-state index in [9.17, 15) is 14.4 Å². The minimum atomic E-state index is -0.434. The van der Waals surface area contributed by atoms with Crippen molar-refractivity contribution in [3.8, 4) is 11.5 Å². The lowest BCUT2D eigenvalue weighted by molar-refractivity contribution is -0.154. The zero-order valence-electron chi connectivity index (χ0n) is 18.9. The van der Waals surface area contributed by atoms with Gasteiger partial charge in [-0.1, -0.05) is 6.92 Å². The van der Waals surface area contributed by atoms with Gasteiger partial charge in [0.15, 0.2) is 17.3 Å². The van der Waals surface area contributed by atoms with Gasteiger partial charge in [-0.05, 0) is 74.5 Å². The Labute approximate surface area is 183 Å². The molecule has 0 radical (unpaired) electrons. The summed E-state index contributed by atoms with van der Waals surface area (Å²) in [5.41, 5.74) is 1.64. The summed E-state index contributed by atoms with van der Waals surface area (Å²) in [5.74, 6) is 1.30. The molecule has 1 aromatic carbocycles. The van der Waals surface area contributed by atoms with Crippen LogP contribution in [0.4, 0.5) is 0 Å². The number of ketones is 1. The maximum Gasteiger partial charge on any atom is 0.308 e. The first-order valence-electron chi connectivity index (χ1n) is 11.4. The molecule has 31 heavy (non-hydrogen) atoms. The molecule has 0 aliphatic heterocycles. The van der Waals surface area contributed by atoms with E-state index in [1.807, 2.05) is 13.0 Å². The van der Waals surface area contributed by atoms with Crippen molar-refractivity contribution in [2.45, 2.75) is 78.2 Å². The highest BCUT2D eigenvalue weighted by molar-refractivity contribution is 5.99. The number of carbonyl (C=O) groups is 3. The van der Waals surface area contributed by atoms with Gasteiger partial charge < -0.3 is 14.2 Å². The minimum Gasteiger partial charge on any atom is -0.490 e. The standard InChI is InChI=1S/C25H32O6/c1-5-29-22-12-18-16-10-11-25(4)20(7-9-24(25)31-15(3)27)17(16)6-8-21(28)19(18)13-23(22)30-14(2)26/h12-13,16-17,20,24H,5-11H2,1-4H3/t16?,17?,20?,24-,25?/m0/s1. The summed E-state index contributed by atoms with van der Waals surface area (Å²) < 4.78 is 16.9. The van der Waals surface area contributed by atoms with Gasteiger partial charge in [0.05, 0.1) is 6.61 Å². The molecule has 0 N–H and O–H groups in total. The number of rotatable bonds is 4. The van der Waals surface area contributed by atoms with E-state index >= 15 is 0 Å². The zero-order chi connectivity index (χ0) is 22.3. The predicted molar refractivity (Wildman–Crippen MR) is 114 cm³/mol. The van der Waals surface area contributed by atoms with E-state index in [0.717, 1.165) is 37.7 Å². The second-order valence-corrected chi connectivity index (χ2v) is 9.47. The maximum absolute atomic E-state index is 13.1. The molecule has 4 unspecified atom stereocenters. The van der Waals surface area contributed by atoms with E-state index < -0.39 is 5.97 Å². The minimum absolute atomic E-state index is 0.0409. The van der Waals surface area contributed by atoms with Gasteiger partial charge in [-0.2, -0.15) is 0 Å². The number of hydrogen-bond acceptors (Lipinski definition) is 6. The molecule has 0 saturated heterocycles. The number of fused-ring (bicyclic) bond motifs is 5. The summed E-state index contributed by atoms with van der Waals surface area (Å²) >= 11 is 0. The summed E-state index contributed by atoms with van der Waals surface area (Å²) in [6.07, 6.45) is 5.07. The van der Waals surface area contributed by atoms with Crippen molar-refractivity contribution in [2.75, 3.05) is 6.61 Å². The molecule has 5 atom stereocenters. The highest BCUT2D eigenvalue weighted by Gasteiger charge is 2.56. The summed E-state index contributed by atoms with van der Waals surface area (Å²) in [4.78, 5) is 36.3. The summed E-state index contributed by atoms with van der Waals surface area (Å²) in [7, 11) is 0. The van der Waals surface area contributed by atoms with Gasteiger partial charge >= 0.3 is 11.9 Å². The molecule has 4 rings (SSSR count). The Balaban J connectivity index is 1.73. The first-order valence-corrected chi connectivity index (χ1v) is 11.4. The van der Waals surface area contributed by atoms with Crippen LogP contribution in [0.15, 0.2) is 12.1 Å². The van der Waals surface area contributed by atoms with Crippen molar-refractivity contribution in [3.05, 3.63) is 23.3 Å². The largest absolute Gasteiger partial charge is 0.490 e. The lowest BCUT2D eigenvalue weighted by Crippen LogP contribution is -2.43. The SMILES string of the molecule is CCOc1cc2c(cc1OC(C)=O)C(=O)CCC1C2CCC2(C)C1CC[C@@H]2OC(C)=O. The van der Waals surface area contributed by atoms with Gasteiger partial charge in [-0.25, -0.2) is 0 Å². The van der Waals surface area contributed by atoms with Crippen molar-refractivity contribution in [2.24, 2.45) is 17.3 Å². The van der Waals surface area contributed by atoms with Crippen LogP contribution in [0.2, 0.25) is 0 Å². The monoisotopic (exact) mass is 428 g/mol. The highest BCUT2D eigenvalue weighted by Crippen LogP contribution is 2.61. The number of ether oxygens (including phenoxy) is 3. The van der Waals surface area contributed by atoms with Crippen molar-refractivity contribution in [3.63, 3.8) is 0 Å². The fraction of sp³-hybridized carbons (Fsp3) is 0.640. The van der Waals surface area contributed by atoms with Crippen LogP contribution in [0.1, 0.15) is 88.1 Å². The van der Waals surface area contributed by atoms with E-state index in [4.69, 9.17) is 14.2 Å². The van der Waals surface area contributed by atoms with Gasteiger partial charge in [0.25, 0.3) is 0 Å². The molecule has 0 bridgehead atoms. The Morgan fingerprint density at radius 1 is 1.06 bits per heavy atom. The highest BCUT2D eigenvalue weighted by atomic mass is 16.6. The van der Waals surface area contributed by atoms with Crippen LogP contribution in [0.3, 0.4) is 0 Å². The van der Waals surface area contributed by atoms with E-state index in [0.29, 0.717) is 41.9 Å².